The van der Waals surface area contributed by atoms with Crippen LogP contribution in [0.3, 0.4) is 0 Å². The van der Waals surface area contributed by atoms with E-state index in [2.05, 4.69) is 0 Å². The zero-order valence-corrected chi connectivity index (χ0v) is 9.18. The van der Waals surface area contributed by atoms with Crippen LogP contribution >= 0.6 is 0 Å². The summed E-state index contributed by atoms with van der Waals surface area (Å²) in [5.74, 6) is 0. The lowest BCUT2D eigenvalue weighted by Gasteiger charge is -2.39. The molecule has 0 radical (unpaired) electrons. The topological polar surface area (TPSA) is 63.4 Å². The van der Waals surface area contributed by atoms with Crippen molar-refractivity contribution in [2.75, 3.05) is 7.05 Å². The van der Waals surface area contributed by atoms with Crippen LogP contribution < -0.4 is 5.73 Å². The number of sulfonamides is 1. The first kappa shape index (κ1) is 9.98. The molecule has 1 saturated carbocycles. The Bertz CT molecular complexity index is 366. The Kier molecular flexibility index (Phi) is 2.12. The maximum Gasteiger partial charge on any atom is 0.238 e. The highest BCUT2D eigenvalue weighted by atomic mass is 32.2. The molecule has 1 heterocycles. The smallest absolute Gasteiger partial charge is 0.238 e. The molecule has 2 aliphatic rings. The fourth-order valence-electron chi connectivity index (χ4n) is 2.51. The van der Waals surface area contributed by atoms with Gasteiger partial charge in [-0.05, 0) is 12.8 Å². The molecule has 0 bridgehead atoms. The summed E-state index contributed by atoms with van der Waals surface area (Å²) in [4.78, 5) is 0. The van der Waals surface area contributed by atoms with Gasteiger partial charge in [0.1, 0.15) is 0 Å². The number of hydrogen-bond donors (Lipinski definition) is 1. The molecule has 0 aromatic heterocycles. The number of nitrogens with two attached hydrogens (primary N) is 1. The Morgan fingerprint density at radius 3 is 2.36 bits per heavy atom. The molecule has 2 N–H and O–H groups in total. The molecular formula is C9H16N2O2S. The zero-order valence-electron chi connectivity index (χ0n) is 8.36. The van der Waals surface area contributed by atoms with Crippen LogP contribution in [-0.4, -0.2) is 25.3 Å². The summed E-state index contributed by atoms with van der Waals surface area (Å²) in [6.07, 6.45) is 5.04. The molecule has 0 unspecified atom stereocenters. The molecule has 4 nitrogen and oxygen atoms in total. The van der Waals surface area contributed by atoms with E-state index < -0.39 is 15.6 Å². The summed E-state index contributed by atoms with van der Waals surface area (Å²) < 4.78 is 24.7. The summed E-state index contributed by atoms with van der Waals surface area (Å²) in [5.41, 5.74) is 5.99. The van der Waals surface area contributed by atoms with Crippen LogP contribution in [-0.2, 0) is 10.0 Å². The second-order valence-electron chi connectivity index (χ2n) is 4.18. The van der Waals surface area contributed by atoms with Gasteiger partial charge < -0.3 is 5.73 Å². The predicted octanol–water partition coefficient (Wildman–Crippen LogP) is 0.765. The van der Waals surface area contributed by atoms with Crippen molar-refractivity contribution >= 4 is 10.0 Å². The number of rotatable bonds is 0. The highest BCUT2D eigenvalue weighted by molar-refractivity contribution is 7.92. The van der Waals surface area contributed by atoms with E-state index in [-0.39, 0.29) is 0 Å². The highest BCUT2D eigenvalue weighted by Gasteiger charge is 2.48. The van der Waals surface area contributed by atoms with Gasteiger partial charge in [-0.1, -0.05) is 19.3 Å². The Balaban J connectivity index is 2.42. The van der Waals surface area contributed by atoms with E-state index in [4.69, 9.17) is 5.73 Å². The van der Waals surface area contributed by atoms with Gasteiger partial charge in [0.25, 0.3) is 0 Å². The summed E-state index contributed by atoms with van der Waals surface area (Å²) >= 11 is 0. The summed E-state index contributed by atoms with van der Waals surface area (Å²) in [7, 11) is -1.60. The lowest BCUT2D eigenvalue weighted by molar-refractivity contribution is 0.198. The van der Waals surface area contributed by atoms with Crippen molar-refractivity contribution in [1.82, 2.24) is 4.31 Å². The van der Waals surface area contributed by atoms with Crippen molar-refractivity contribution in [3.8, 4) is 0 Å². The van der Waals surface area contributed by atoms with E-state index >= 15 is 0 Å². The second-order valence-corrected chi connectivity index (χ2v) is 5.99. The fourth-order valence-corrected chi connectivity index (χ4v) is 3.99. The van der Waals surface area contributed by atoms with Gasteiger partial charge in [0.2, 0.25) is 10.0 Å². The van der Waals surface area contributed by atoms with E-state index in [1.54, 1.807) is 7.05 Å². The van der Waals surface area contributed by atoms with Crippen LogP contribution in [0.4, 0.5) is 0 Å². The molecule has 1 aliphatic heterocycles. The standard InChI is InChI=1S/C9H16N2O2S/c1-11-9(5-3-2-4-6-9)8(10)7-14(11,12)13/h7H,2-6,10H2,1H3. The van der Waals surface area contributed by atoms with Crippen molar-refractivity contribution in [1.29, 1.82) is 0 Å². The molecule has 80 valence electrons. The molecule has 14 heavy (non-hydrogen) atoms. The molecule has 0 aromatic carbocycles. The Labute approximate surface area is 84.8 Å². The van der Waals surface area contributed by atoms with Gasteiger partial charge in [-0.3, -0.25) is 0 Å². The predicted molar refractivity (Wildman–Crippen MR) is 54.8 cm³/mol. The van der Waals surface area contributed by atoms with Gasteiger partial charge >= 0.3 is 0 Å². The quantitative estimate of drug-likeness (QED) is 0.650. The van der Waals surface area contributed by atoms with Gasteiger partial charge in [0.05, 0.1) is 10.9 Å². The zero-order chi connectivity index (χ0) is 10.4. The van der Waals surface area contributed by atoms with E-state index in [1.807, 2.05) is 0 Å². The fraction of sp³-hybridized carbons (Fsp3) is 0.778. The largest absolute Gasteiger partial charge is 0.400 e. The van der Waals surface area contributed by atoms with Gasteiger partial charge in [0, 0.05) is 12.7 Å². The number of likely N-dealkylation sites (N-methyl/N-ethyl adjacent to an activating group) is 1. The van der Waals surface area contributed by atoms with Gasteiger partial charge in [0.15, 0.2) is 0 Å². The Morgan fingerprint density at radius 1 is 1.36 bits per heavy atom. The molecule has 1 aliphatic carbocycles. The second kappa shape index (κ2) is 2.97. The van der Waals surface area contributed by atoms with E-state index in [9.17, 15) is 8.42 Å². The first-order valence-corrected chi connectivity index (χ1v) is 6.46. The number of nitrogens with zero attached hydrogens (tertiary/aromatic N) is 1. The van der Waals surface area contributed by atoms with Crippen LogP contribution in [0.2, 0.25) is 0 Å². The molecule has 1 spiro atoms. The number of hydrogen-bond acceptors (Lipinski definition) is 3. The van der Waals surface area contributed by atoms with Gasteiger partial charge in [-0.15, -0.1) is 0 Å². The average molecular weight is 216 g/mol. The molecule has 0 aromatic rings. The maximum absolute atomic E-state index is 11.6. The van der Waals surface area contributed by atoms with Crippen molar-refractivity contribution in [3.63, 3.8) is 0 Å². The molecule has 5 heteroatoms. The molecule has 0 amide bonds. The minimum absolute atomic E-state index is 0.392. The third-order valence-corrected chi connectivity index (χ3v) is 5.14. The van der Waals surface area contributed by atoms with Crippen LogP contribution in [0.25, 0.3) is 0 Å². The minimum Gasteiger partial charge on any atom is -0.400 e. The van der Waals surface area contributed by atoms with E-state index in [0.29, 0.717) is 5.70 Å². The lowest BCUT2D eigenvalue weighted by Crippen LogP contribution is -2.48. The lowest BCUT2D eigenvalue weighted by atomic mass is 9.80. The monoisotopic (exact) mass is 216 g/mol. The first-order chi connectivity index (χ1) is 6.49. The van der Waals surface area contributed by atoms with Crippen molar-refractivity contribution in [2.24, 2.45) is 5.73 Å². The highest BCUT2D eigenvalue weighted by Crippen LogP contribution is 2.42. The first-order valence-electron chi connectivity index (χ1n) is 4.96. The van der Waals surface area contributed by atoms with Crippen molar-refractivity contribution in [3.05, 3.63) is 11.1 Å². The molecular weight excluding hydrogens is 200 g/mol. The molecule has 1 fully saturated rings. The van der Waals surface area contributed by atoms with Gasteiger partial charge in [-0.2, -0.15) is 4.31 Å². The minimum atomic E-state index is -3.24. The average Bonchev–Trinajstić information content (AvgIpc) is 2.30. The summed E-state index contributed by atoms with van der Waals surface area (Å²) in [5, 5.41) is 1.22. The maximum atomic E-state index is 11.6. The van der Waals surface area contributed by atoms with Crippen molar-refractivity contribution in [2.45, 2.75) is 37.6 Å². The van der Waals surface area contributed by atoms with Crippen LogP contribution in [0.1, 0.15) is 32.1 Å². The summed E-state index contributed by atoms with van der Waals surface area (Å²) in [6, 6.07) is 0. The summed E-state index contributed by atoms with van der Waals surface area (Å²) in [6.45, 7) is 0. The SMILES string of the molecule is CN1C2(CCCCC2)C(N)=CS1(=O)=O. The Hall–Kier alpha value is -0.550. The van der Waals surface area contributed by atoms with Crippen molar-refractivity contribution < 1.29 is 8.42 Å². The molecule has 2 rings (SSSR count). The molecule has 0 atom stereocenters. The van der Waals surface area contributed by atoms with Crippen LogP contribution in [0.15, 0.2) is 11.1 Å². The third-order valence-electron chi connectivity index (χ3n) is 3.48. The third kappa shape index (κ3) is 1.19. The van der Waals surface area contributed by atoms with Gasteiger partial charge in [-0.25, -0.2) is 8.42 Å². The normalized spacial score (nSPS) is 30.5. The van der Waals surface area contributed by atoms with E-state index in [0.717, 1.165) is 25.7 Å². The van der Waals surface area contributed by atoms with E-state index in [1.165, 1.54) is 16.1 Å². The Morgan fingerprint density at radius 2 is 1.93 bits per heavy atom. The van der Waals surface area contributed by atoms with Crippen LogP contribution in [0.5, 0.6) is 0 Å². The molecule has 0 saturated heterocycles. The van der Waals surface area contributed by atoms with Crippen LogP contribution in [0, 0.1) is 0 Å².